The molecule has 0 N–H and O–H groups in total. The second-order valence-corrected chi connectivity index (χ2v) is 7.11. The summed E-state index contributed by atoms with van der Waals surface area (Å²) in [4.78, 5) is 27.0. The Kier molecular flexibility index (Phi) is 6.57. The van der Waals surface area contributed by atoms with E-state index in [1.165, 1.54) is 12.0 Å². The van der Waals surface area contributed by atoms with Gasteiger partial charge in [-0.1, -0.05) is 6.07 Å². The van der Waals surface area contributed by atoms with Crippen molar-refractivity contribution in [2.45, 2.75) is 37.5 Å². The van der Waals surface area contributed by atoms with Crippen molar-refractivity contribution in [3.05, 3.63) is 22.4 Å². The van der Waals surface area contributed by atoms with E-state index in [1.54, 1.807) is 23.1 Å². The van der Waals surface area contributed by atoms with Gasteiger partial charge in [0, 0.05) is 23.2 Å². The number of piperidine rings is 1. The Balaban J connectivity index is 1.81. The van der Waals surface area contributed by atoms with E-state index in [-0.39, 0.29) is 17.9 Å². The van der Waals surface area contributed by atoms with Crippen LogP contribution in [0.5, 0.6) is 0 Å². The van der Waals surface area contributed by atoms with E-state index in [1.807, 2.05) is 11.0 Å². The number of amides is 1. The predicted molar refractivity (Wildman–Crippen MR) is 86.5 cm³/mol. The summed E-state index contributed by atoms with van der Waals surface area (Å²) in [5.74, 6) is 1.27. The largest absolute Gasteiger partial charge is 0.469 e. The van der Waals surface area contributed by atoms with Crippen molar-refractivity contribution < 1.29 is 14.3 Å². The van der Waals surface area contributed by atoms with Crippen molar-refractivity contribution in [2.24, 2.45) is 0 Å². The van der Waals surface area contributed by atoms with Gasteiger partial charge in [0.25, 0.3) is 0 Å². The van der Waals surface area contributed by atoms with Gasteiger partial charge in [-0.25, -0.2) is 0 Å². The third-order valence-electron chi connectivity index (χ3n) is 3.63. The average Bonchev–Trinajstić information content (AvgIpc) is 3.01. The molecule has 1 aromatic heterocycles. The van der Waals surface area contributed by atoms with Crippen molar-refractivity contribution in [3.8, 4) is 0 Å². The van der Waals surface area contributed by atoms with Gasteiger partial charge in [-0.15, -0.1) is 23.1 Å². The van der Waals surface area contributed by atoms with Crippen LogP contribution in [0.3, 0.4) is 0 Å². The number of nitrogens with zero attached hydrogens (tertiary/aromatic N) is 1. The number of carbonyl (C=O) groups is 2. The number of esters is 1. The summed E-state index contributed by atoms with van der Waals surface area (Å²) in [5.41, 5.74) is 0. The van der Waals surface area contributed by atoms with Gasteiger partial charge < -0.3 is 9.64 Å². The molecule has 4 nitrogen and oxygen atoms in total. The zero-order valence-corrected chi connectivity index (χ0v) is 13.9. The van der Waals surface area contributed by atoms with Gasteiger partial charge in [0.05, 0.1) is 19.3 Å². The van der Waals surface area contributed by atoms with E-state index in [2.05, 4.69) is 11.4 Å². The maximum atomic E-state index is 12.4. The van der Waals surface area contributed by atoms with Crippen LogP contribution in [0.15, 0.2) is 17.5 Å². The van der Waals surface area contributed by atoms with E-state index in [0.29, 0.717) is 12.2 Å². The Morgan fingerprint density at radius 2 is 2.33 bits per heavy atom. The topological polar surface area (TPSA) is 46.6 Å². The van der Waals surface area contributed by atoms with Crippen LogP contribution >= 0.6 is 23.1 Å². The van der Waals surface area contributed by atoms with Gasteiger partial charge in [0.2, 0.25) is 5.91 Å². The highest BCUT2D eigenvalue weighted by atomic mass is 32.2. The number of rotatable bonds is 6. The second kappa shape index (κ2) is 8.44. The Morgan fingerprint density at radius 1 is 1.48 bits per heavy atom. The number of methoxy groups -OCH3 is 1. The maximum Gasteiger partial charge on any atom is 0.307 e. The minimum absolute atomic E-state index is 0.0148. The first-order valence-electron chi connectivity index (χ1n) is 7.17. The lowest BCUT2D eigenvalue weighted by atomic mass is 9.99. The Hall–Kier alpha value is -1.01. The summed E-state index contributed by atoms with van der Waals surface area (Å²) in [5, 5.41) is 2.05. The molecular formula is C15H21NO3S2. The van der Waals surface area contributed by atoms with Crippen LogP contribution in [-0.2, 0) is 20.1 Å². The standard InChI is InChI=1S/C15H21NO3S2/c1-19-15(18)9-12-5-2-3-7-16(12)14(17)11-20-10-13-6-4-8-21-13/h4,6,8,12H,2-3,5,7,9-11H2,1H3. The van der Waals surface area contributed by atoms with Crippen LogP contribution < -0.4 is 0 Å². The minimum atomic E-state index is -0.231. The Morgan fingerprint density at radius 3 is 3.05 bits per heavy atom. The molecule has 0 aliphatic carbocycles. The van der Waals surface area contributed by atoms with Crippen molar-refractivity contribution in [1.29, 1.82) is 0 Å². The number of ether oxygens (including phenoxy) is 1. The molecule has 0 radical (unpaired) electrons. The normalized spacial score (nSPS) is 18.5. The van der Waals surface area contributed by atoms with Gasteiger partial charge in [-0.05, 0) is 30.7 Å². The molecule has 21 heavy (non-hydrogen) atoms. The first-order chi connectivity index (χ1) is 10.2. The van der Waals surface area contributed by atoms with Crippen LogP contribution in [0, 0.1) is 0 Å². The lowest BCUT2D eigenvalue weighted by molar-refractivity contribution is -0.144. The van der Waals surface area contributed by atoms with Gasteiger partial charge in [0.15, 0.2) is 0 Å². The number of carbonyl (C=O) groups excluding carboxylic acids is 2. The van der Waals surface area contributed by atoms with Crippen molar-refractivity contribution in [3.63, 3.8) is 0 Å². The van der Waals surface area contributed by atoms with E-state index >= 15 is 0 Å². The van der Waals surface area contributed by atoms with Gasteiger partial charge in [-0.2, -0.15) is 0 Å². The number of hydrogen-bond donors (Lipinski definition) is 0. The summed E-state index contributed by atoms with van der Waals surface area (Å²) in [6.07, 6.45) is 3.32. The van der Waals surface area contributed by atoms with E-state index < -0.39 is 0 Å². The maximum absolute atomic E-state index is 12.4. The van der Waals surface area contributed by atoms with Gasteiger partial charge in [-0.3, -0.25) is 9.59 Å². The lowest BCUT2D eigenvalue weighted by Gasteiger charge is -2.35. The minimum Gasteiger partial charge on any atom is -0.469 e. The average molecular weight is 327 g/mol. The van der Waals surface area contributed by atoms with Crippen LogP contribution in [0.2, 0.25) is 0 Å². The zero-order chi connectivity index (χ0) is 15.1. The van der Waals surface area contributed by atoms with Crippen LogP contribution in [0.1, 0.15) is 30.6 Å². The van der Waals surface area contributed by atoms with E-state index in [0.717, 1.165) is 31.6 Å². The van der Waals surface area contributed by atoms with Crippen LogP contribution in [0.25, 0.3) is 0 Å². The molecule has 0 saturated carbocycles. The molecule has 1 amide bonds. The molecule has 0 aromatic carbocycles. The molecule has 1 aliphatic heterocycles. The van der Waals surface area contributed by atoms with Crippen LogP contribution in [-0.4, -0.2) is 42.2 Å². The SMILES string of the molecule is COC(=O)CC1CCCCN1C(=O)CSCc1cccs1. The summed E-state index contributed by atoms with van der Waals surface area (Å²) < 4.78 is 4.73. The highest BCUT2D eigenvalue weighted by Crippen LogP contribution is 2.23. The number of likely N-dealkylation sites (tertiary alicyclic amines) is 1. The number of hydrogen-bond acceptors (Lipinski definition) is 5. The molecule has 1 saturated heterocycles. The molecule has 0 spiro atoms. The summed E-state index contributed by atoms with van der Waals surface area (Å²) in [7, 11) is 1.40. The molecule has 2 rings (SSSR count). The zero-order valence-electron chi connectivity index (χ0n) is 12.2. The molecule has 6 heteroatoms. The first-order valence-corrected chi connectivity index (χ1v) is 9.20. The van der Waals surface area contributed by atoms with Gasteiger partial charge in [0.1, 0.15) is 0 Å². The Bertz CT molecular complexity index is 461. The smallest absolute Gasteiger partial charge is 0.307 e. The fourth-order valence-electron chi connectivity index (χ4n) is 2.53. The Labute approximate surface area is 133 Å². The molecule has 1 unspecified atom stereocenters. The third kappa shape index (κ3) is 5.04. The molecule has 0 bridgehead atoms. The molecular weight excluding hydrogens is 306 g/mol. The highest BCUT2D eigenvalue weighted by Gasteiger charge is 2.28. The number of thioether (sulfide) groups is 1. The van der Waals surface area contributed by atoms with Crippen molar-refractivity contribution in [1.82, 2.24) is 4.90 Å². The summed E-state index contributed by atoms with van der Waals surface area (Å²) in [6, 6.07) is 4.13. The van der Waals surface area contributed by atoms with Crippen molar-refractivity contribution in [2.75, 3.05) is 19.4 Å². The molecule has 1 aromatic rings. The van der Waals surface area contributed by atoms with E-state index in [9.17, 15) is 9.59 Å². The molecule has 116 valence electrons. The van der Waals surface area contributed by atoms with Gasteiger partial charge >= 0.3 is 5.97 Å². The molecule has 2 heterocycles. The van der Waals surface area contributed by atoms with Crippen molar-refractivity contribution >= 4 is 35.0 Å². The van der Waals surface area contributed by atoms with E-state index in [4.69, 9.17) is 4.74 Å². The molecule has 1 fully saturated rings. The predicted octanol–water partition coefficient (Wildman–Crippen LogP) is 2.93. The first kappa shape index (κ1) is 16.4. The van der Waals surface area contributed by atoms with Crippen LogP contribution in [0.4, 0.5) is 0 Å². The summed E-state index contributed by atoms with van der Waals surface area (Å²) in [6.45, 7) is 0.764. The molecule has 1 atom stereocenters. The fraction of sp³-hybridized carbons (Fsp3) is 0.600. The lowest BCUT2D eigenvalue weighted by Crippen LogP contribution is -2.45. The monoisotopic (exact) mass is 327 g/mol. The summed E-state index contributed by atoms with van der Waals surface area (Å²) >= 11 is 3.36. The second-order valence-electron chi connectivity index (χ2n) is 5.09. The quantitative estimate of drug-likeness (QED) is 0.754. The number of thiophene rings is 1. The fourth-order valence-corrected chi connectivity index (χ4v) is 4.28. The third-order valence-corrected chi connectivity index (χ3v) is 5.65. The highest BCUT2D eigenvalue weighted by molar-refractivity contribution is 7.99. The molecule has 1 aliphatic rings.